The van der Waals surface area contributed by atoms with E-state index in [-0.39, 0.29) is 24.2 Å². The Morgan fingerprint density at radius 3 is 1.52 bits per heavy atom. The second-order valence-electron chi connectivity index (χ2n) is 4.83. The molecule has 0 aliphatic carbocycles. The topological polar surface area (TPSA) is 58.2 Å². The van der Waals surface area contributed by atoms with E-state index in [1.807, 2.05) is 0 Å². The van der Waals surface area contributed by atoms with Crippen molar-refractivity contribution in [1.29, 1.82) is 0 Å². The van der Waals surface area contributed by atoms with Gasteiger partial charge in [-0.3, -0.25) is 9.59 Å². The molecule has 2 N–H and O–H groups in total. The van der Waals surface area contributed by atoms with Crippen LogP contribution in [0.4, 0.5) is 8.78 Å². The molecule has 0 spiro atoms. The van der Waals surface area contributed by atoms with E-state index in [1.54, 1.807) is 12.1 Å². The normalized spacial score (nSPS) is 10.2. The predicted molar refractivity (Wildman–Crippen MR) is 82.1 cm³/mol. The average molecular weight is 318 g/mol. The molecule has 0 fully saturated rings. The first kappa shape index (κ1) is 16.6. The Kier molecular flexibility index (Phi) is 5.80. The molecular formula is C17H16F2N2O2. The van der Waals surface area contributed by atoms with Crippen molar-refractivity contribution >= 4 is 11.8 Å². The summed E-state index contributed by atoms with van der Waals surface area (Å²) >= 11 is 0. The number of hydrogen-bond acceptors (Lipinski definition) is 2. The molecule has 0 atom stereocenters. The number of halogens is 2. The molecule has 2 rings (SSSR count). The highest BCUT2D eigenvalue weighted by Gasteiger charge is 2.11. The fourth-order valence-corrected chi connectivity index (χ4v) is 1.97. The number of amides is 2. The third-order valence-corrected chi connectivity index (χ3v) is 3.16. The highest BCUT2D eigenvalue weighted by molar-refractivity contribution is 5.95. The molecule has 2 aromatic rings. The summed E-state index contributed by atoms with van der Waals surface area (Å²) in [6.45, 7) is 0.537. The molecule has 2 aromatic carbocycles. The van der Waals surface area contributed by atoms with Gasteiger partial charge in [0, 0.05) is 13.1 Å². The van der Waals surface area contributed by atoms with Crippen LogP contribution in [0.25, 0.3) is 0 Å². The lowest BCUT2D eigenvalue weighted by atomic mass is 10.2. The van der Waals surface area contributed by atoms with Gasteiger partial charge in [0.05, 0.1) is 11.1 Å². The number of nitrogens with one attached hydrogen (secondary N) is 2. The predicted octanol–water partition coefficient (Wildman–Crippen LogP) is 2.51. The van der Waals surface area contributed by atoms with Crippen LogP contribution in [0.1, 0.15) is 27.1 Å². The van der Waals surface area contributed by atoms with E-state index in [1.165, 1.54) is 36.4 Å². The third-order valence-electron chi connectivity index (χ3n) is 3.16. The first-order valence-corrected chi connectivity index (χ1v) is 7.15. The van der Waals surface area contributed by atoms with E-state index in [0.29, 0.717) is 6.42 Å². The SMILES string of the molecule is O=C(NCCCNC(=O)c1ccccc1F)c1ccccc1F. The van der Waals surface area contributed by atoms with Crippen molar-refractivity contribution in [3.63, 3.8) is 0 Å². The Balaban J connectivity index is 1.72. The summed E-state index contributed by atoms with van der Waals surface area (Å²) in [5.41, 5.74) is -0.0502. The van der Waals surface area contributed by atoms with Crippen LogP contribution in [-0.2, 0) is 0 Å². The van der Waals surface area contributed by atoms with Crippen LogP contribution in [-0.4, -0.2) is 24.9 Å². The summed E-state index contributed by atoms with van der Waals surface area (Å²) in [7, 11) is 0. The second-order valence-corrected chi connectivity index (χ2v) is 4.83. The summed E-state index contributed by atoms with van der Waals surface area (Å²) in [4.78, 5) is 23.5. The van der Waals surface area contributed by atoms with Gasteiger partial charge in [-0.2, -0.15) is 0 Å². The maximum atomic E-state index is 13.4. The van der Waals surface area contributed by atoms with E-state index in [2.05, 4.69) is 10.6 Å². The zero-order valence-electron chi connectivity index (χ0n) is 12.3. The first-order valence-electron chi connectivity index (χ1n) is 7.15. The van der Waals surface area contributed by atoms with Crippen molar-refractivity contribution in [1.82, 2.24) is 10.6 Å². The van der Waals surface area contributed by atoms with Crippen molar-refractivity contribution in [3.05, 3.63) is 71.3 Å². The molecule has 0 radical (unpaired) electrons. The van der Waals surface area contributed by atoms with E-state index in [4.69, 9.17) is 0 Å². The second kappa shape index (κ2) is 8.03. The van der Waals surface area contributed by atoms with Gasteiger partial charge < -0.3 is 10.6 Å². The maximum Gasteiger partial charge on any atom is 0.254 e. The van der Waals surface area contributed by atoms with Gasteiger partial charge >= 0.3 is 0 Å². The zero-order valence-corrected chi connectivity index (χ0v) is 12.3. The van der Waals surface area contributed by atoms with Crippen LogP contribution >= 0.6 is 0 Å². The molecule has 0 aliphatic rings. The molecule has 2 amide bonds. The maximum absolute atomic E-state index is 13.4. The van der Waals surface area contributed by atoms with Crippen LogP contribution in [0.15, 0.2) is 48.5 Å². The minimum absolute atomic E-state index is 0.0251. The van der Waals surface area contributed by atoms with Crippen LogP contribution in [0.3, 0.4) is 0 Å². The van der Waals surface area contributed by atoms with Crippen molar-refractivity contribution in [2.75, 3.05) is 13.1 Å². The van der Waals surface area contributed by atoms with Crippen molar-refractivity contribution in [2.45, 2.75) is 6.42 Å². The molecule has 0 bridgehead atoms. The Labute approximate surface area is 132 Å². The number of carbonyl (C=O) groups is 2. The third kappa shape index (κ3) is 4.60. The van der Waals surface area contributed by atoms with Gasteiger partial charge in [-0.05, 0) is 30.7 Å². The van der Waals surface area contributed by atoms with Gasteiger partial charge in [-0.25, -0.2) is 8.78 Å². The van der Waals surface area contributed by atoms with Gasteiger partial charge in [-0.1, -0.05) is 24.3 Å². The summed E-state index contributed by atoms with van der Waals surface area (Å²) in [5.74, 6) is -2.19. The quantitative estimate of drug-likeness (QED) is 0.804. The molecule has 120 valence electrons. The molecule has 6 heteroatoms. The lowest BCUT2D eigenvalue weighted by Crippen LogP contribution is -2.30. The van der Waals surface area contributed by atoms with Crippen molar-refractivity contribution in [2.24, 2.45) is 0 Å². The Hall–Kier alpha value is -2.76. The average Bonchev–Trinajstić information content (AvgIpc) is 2.55. The number of benzene rings is 2. The van der Waals surface area contributed by atoms with E-state index in [9.17, 15) is 18.4 Å². The number of hydrogen-bond donors (Lipinski definition) is 2. The molecule has 0 saturated heterocycles. The molecule has 0 heterocycles. The Morgan fingerprint density at radius 2 is 1.13 bits per heavy atom. The van der Waals surface area contributed by atoms with Gasteiger partial charge in [0.15, 0.2) is 0 Å². The number of carbonyl (C=O) groups excluding carboxylic acids is 2. The highest BCUT2D eigenvalue weighted by Crippen LogP contribution is 2.06. The molecule has 23 heavy (non-hydrogen) atoms. The van der Waals surface area contributed by atoms with Gasteiger partial charge in [0.2, 0.25) is 0 Å². The fourth-order valence-electron chi connectivity index (χ4n) is 1.97. The van der Waals surface area contributed by atoms with Gasteiger partial charge in [0.25, 0.3) is 11.8 Å². The van der Waals surface area contributed by atoms with Crippen LogP contribution in [0.2, 0.25) is 0 Å². The standard InChI is InChI=1S/C17H16F2N2O2/c18-14-8-3-1-6-12(14)16(22)20-10-5-11-21-17(23)13-7-2-4-9-15(13)19/h1-4,6-9H,5,10-11H2,(H,20,22)(H,21,23). The van der Waals surface area contributed by atoms with Crippen LogP contribution in [0.5, 0.6) is 0 Å². The molecule has 0 aliphatic heterocycles. The van der Waals surface area contributed by atoms with Crippen LogP contribution < -0.4 is 10.6 Å². The lowest BCUT2D eigenvalue weighted by Gasteiger charge is -2.08. The van der Waals surface area contributed by atoms with Crippen molar-refractivity contribution < 1.29 is 18.4 Å². The molecule has 0 unspecified atom stereocenters. The first-order chi connectivity index (χ1) is 11.1. The minimum atomic E-state index is -0.585. The minimum Gasteiger partial charge on any atom is -0.352 e. The monoisotopic (exact) mass is 318 g/mol. The van der Waals surface area contributed by atoms with E-state index < -0.39 is 23.4 Å². The summed E-state index contributed by atoms with van der Waals surface area (Å²) < 4.78 is 26.8. The lowest BCUT2D eigenvalue weighted by molar-refractivity contribution is 0.0948. The summed E-state index contributed by atoms with van der Waals surface area (Å²) in [6, 6.07) is 11.4. The smallest absolute Gasteiger partial charge is 0.254 e. The Bertz CT molecular complexity index is 645. The van der Waals surface area contributed by atoms with Crippen LogP contribution in [0, 0.1) is 11.6 Å². The van der Waals surface area contributed by atoms with E-state index >= 15 is 0 Å². The fraction of sp³-hybridized carbons (Fsp3) is 0.176. The largest absolute Gasteiger partial charge is 0.352 e. The molecule has 0 saturated carbocycles. The summed E-state index contributed by atoms with van der Waals surface area (Å²) in [5, 5.41) is 5.12. The van der Waals surface area contributed by atoms with Gasteiger partial charge in [-0.15, -0.1) is 0 Å². The number of rotatable bonds is 6. The summed E-state index contributed by atoms with van der Waals surface area (Å²) in [6.07, 6.45) is 0.445. The molecular weight excluding hydrogens is 302 g/mol. The molecule has 4 nitrogen and oxygen atoms in total. The van der Waals surface area contributed by atoms with E-state index in [0.717, 1.165) is 0 Å². The zero-order chi connectivity index (χ0) is 16.7. The van der Waals surface area contributed by atoms with Crippen molar-refractivity contribution in [3.8, 4) is 0 Å². The highest BCUT2D eigenvalue weighted by atomic mass is 19.1. The Morgan fingerprint density at radius 1 is 0.739 bits per heavy atom. The molecule has 0 aromatic heterocycles. The van der Waals surface area contributed by atoms with Gasteiger partial charge in [0.1, 0.15) is 11.6 Å².